The van der Waals surface area contributed by atoms with Gasteiger partial charge in [0.25, 0.3) is 0 Å². The lowest BCUT2D eigenvalue weighted by molar-refractivity contribution is -0.136. The number of carbonyl (C=O) groups is 2. The van der Waals surface area contributed by atoms with Crippen LogP contribution in [0.5, 0.6) is 11.5 Å². The Morgan fingerprint density at radius 3 is 2.56 bits per heavy atom. The molecule has 0 saturated heterocycles. The summed E-state index contributed by atoms with van der Waals surface area (Å²) in [6, 6.07) is 15.0. The molecule has 2 unspecified atom stereocenters. The number of ether oxygens (including phenoxy) is 2. The van der Waals surface area contributed by atoms with Crippen LogP contribution in [-0.2, 0) is 14.3 Å². The number of ketones is 1. The fourth-order valence-corrected chi connectivity index (χ4v) is 4.70. The smallest absolute Gasteiger partial charge is 0.336 e. The van der Waals surface area contributed by atoms with Crippen molar-refractivity contribution in [3.05, 3.63) is 82.2 Å². The molecule has 6 nitrogen and oxygen atoms in total. The van der Waals surface area contributed by atoms with E-state index in [1.54, 1.807) is 12.1 Å². The van der Waals surface area contributed by atoms with Gasteiger partial charge in [0.1, 0.15) is 0 Å². The number of phenols is 1. The summed E-state index contributed by atoms with van der Waals surface area (Å²) in [5, 5.41) is 13.5. The Balaban J connectivity index is 1.83. The number of hydrogen-bond donors (Lipinski definition) is 2. The SMILES string of the molecule is CCOc1cc(C2C(C(=O)OC)=C(C)NC3=C2C(=O)CC(c2ccccc2)C3)ccc1O. The van der Waals surface area contributed by atoms with E-state index in [1.165, 1.54) is 13.2 Å². The van der Waals surface area contributed by atoms with Crippen molar-refractivity contribution in [2.45, 2.75) is 38.5 Å². The van der Waals surface area contributed by atoms with Crippen LogP contribution in [0.4, 0.5) is 0 Å². The van der Waals surface area contributed by atoms with Crippen LogP contribution in [0.2, 0.25) is 0 Å². The minimum absolute atomic E-state index is 0.00228. The van der Waals surface area contributed by atoms with Crippen LogP contribution >= 0.6 is 0 Å². The quantitative estimate of drug-likeness (QED) is 0.683. The zero-order valence-corrected chi connectivity index (χ0v) is 18.5. The molecule has 6 heteroatoms. The second-order valence-electron chi connectivity index (χ2n) is 8.08. The van der Waals surface area contributed by atoms with Crippen molar-refractivity contribution < 1.29 is 24.2 Å². The fourth-order valence-electron chi connectivity index (χ4n) is 4.70. The first-order valence-corrected chi connectivity index (χ1v) is 10.8. The standard InChI is InChI=1S/C26H27NO5/c1-4-32-22-14-17(10-11-20(22)28)24-23(26(30)31-3)15(2)27-19-12-18(13-21(29)25(19)24)16-8-6-5-7-9-16/h5-11,14,18,24,27-28H,4,12-13H2,1-3H3. The predicted octanol–water partition coefficient (Wildman–Crippen LogP) is 4.33. The number of dihydropyridines is 1. The van der Waals surface area contributed by atoms with E-state index < -0.39 is 11.9 Å². The highest BCUT2D eigenvalue weighted by molar-refractivity contribution is 6.04. The zero-order valence-electron chi connectivity index (χ0n) is 18.5. The van der Waals surface area contributed by atoms with Crippen molar-refractivity contribution in [1.29, 1.82) is 0 Å². The minimum Gasteiger partial charge on any atom is -0.504 e. The molecule has 2 N–H and O–H groups in total. The monoisotopic (exact) mass is 433 g/mol. The van der Waals surface area contributed by atoms with Gasteiger partial charge in [-0.2, -0.15) is 0 Å². The molecule has 2 aromatic carbocycles. The molecule has 2 atom stereocenters. The van der Waals surface area contributed by atoms with E-state index in [0.717, 1.165) is 11.3 Å². The van der Waals surface area contributed by atoms with Crippen molar-refractivity contribution in [2.24, 2.45) is 0 Å². The summed E-state index contributed by atoms with van der Waals surface area (Å²) in [5.41, 5.74) is 4.28. The third-order valence-corrected chi connectivity index (χ3v) is 6.12. The van der Waals surface area contributed by atoms with Crippen molar-refractivity contribution >= 4 is 11.8 Å². The Kier molecular flexibility index (Phi) is 6.04. The summed E-state index contributed by atoms with van der Waals surface area (Å²) >= 11 is 0. The molecule has 2 aliphatic rings. The molecule has 2 aromatic rings. The van der Waals surface area contributed by atoms with Gasteiger partial charge in [0.05, 0.1) is 19.3 Å². The first-order valence-electron chi connectivity index (χ1n) is 10.8. The molecule has 1 aliphatic heterocycles. The third kappa shape index (κ3) is 3.88. The van der Waals surface area contributed by atoms with Gasteiger partial charge in [-0.3, -0.25) is 4.79 Å². The number of carbonyl (C=O) groups excluding carboxylic acids is 2. The summed E-state index contributed by atoms with van der Waals surface area (Å²) < 4.78 is 10.6. The second kappa shape index (κ2) is 8.91. The van der Waals surface area contributed by atoms with Crippen molar-refractivity contribution in [3.63, 3.8) is 0 Å². The zero-order chi connectivity index (χ0) is 22.8. The Morgan fingerprint density at radius 1 is 1.12 bits per heavy atom. The first kappa shape index (κ1) is 21.7. The molecule has 0 saturated carbocycles. The van der Waals surface area contributed by atoms with Crippen molar-refractivity contribution in [3.8, 4) is 11.5 Å². The number of methoxy groups -OCH3 is 1. The predicted molar refractivity (Wildman–Crippen MR) is 120 cm³/mol. The van der Waals surface area contributed by atoms with E-state index in [9.17, 15) is 14.7 Å². The van der Waals surface area contributed by atoms with Gasteiger partial charge < -0.3 is 19.9 Å². The van der Waals surface area contributed by atoms with E-state index in [4.69, 9.17) is 9.47 Å². The number of phenolic OH excluding ortho intramolecular Hbond substituents is 1. The highest BCUT2D eigenvalue weighted by Gasteiger charge is 2.41. The molecule has 1 aliphatic carbocycles. The third-order valence-electron chi connectivity index (χ3n) is 6.12. The maximum Gasteiger partial charge on any atom is 0.336 e. The second-order valence-corrected chi connectivity index (χ2v) is 8.08. The van der Waals surface area contributed by atoms with Gasteiger partial charge in [-0.1, -0.05) is 36.4 Å². The Morgan fingerprint density at radius 2 is 1.88 bits per heavy atom. The molecule has 0 aromatic heterocycles. The van der Waals surface area contributed by atoms with Crippen molar-refractivity contribution in [2.75, 3.05) is 13.7 Å². The molecular formula is C26H27NO5. The van der Waals surface area contributed by atoms with Gasteiger partial charge in [-0.05, 0) is 49.4 Å². The van der Waals surface area contributed by atoms with E-state index in [0.29, 0.717) is 47.6 Å². The number of hydrogen-bond acceptors (Lipinski definition) is 6. The van der Waals surface area contributed by atoms with Crippen LogP contribution in [0, 0.1) is 0 Å². The fraction of sp³-hybridized carbons (Fsp3) is 0.308. The maximum absolute atomic E-state index is 13.5. The number of rotatable bonds is 5. The topological polar surface area (TPSA) is 84.9 Å². The number of esters is 1. The Labute approximate surface area is 187 Å². The molecule has 32 heavy (non-hydrogen) atoms. The lowest BCUT2D eigenvalue weighted by Crippen LogP contribution is -2.36. The molecule has 0 fully saturated rings. The number of aromatic hydroxyl groups is 1. The molecule has 0 bridgehead atoms. The summed E-state index contributed by atoms with van der Waals surface area (Å²) in [4.78, 5) is 26.3. The number of benzene rings is 2. The number of nitrogens with one attached hydrogen (secondary N) is 1. The van der Waals surface area contributed by atoms with E-state index in [-0.39, 0.29) is 17.5 Å². The molecule has 0 spiro atoms. The molecule has 1 heterocycles. The van der Waals surface area contributed by atoms with Crippen LogP contribution in [-0.4, -0.2) is 30.6 Å². The van der Waals surface area contributed by atoms with Gasteiger partial charge in [0, 0.05) is 29.3 Å². The molecule has 166 valence electrons. The molecular weight excluding hydrogens is 406 g/mol. The summed E-state index contributed by atoms with van der Waals surface area (Å²) in [6.07, 6.45) is 1.04. The van der Waals surface area contributed by atoms with Gasteiger partial charge >= 0.3 is 5.97 Å². The Hall–Kier alpha value is -3.54. The van der Waals surface area contributed by atoms with E-state index in [2.05, 4.69) is 5.32 Å². The van der Waals surface area contributed by atoms with Gasteiger partial charge in [0.2, 0.25) is 0 Å². The average molecular weight is 434 g/mol. The van der Waals surface area contributed by atoms with Crippen LogP contribution < -0.4 is 10.1 Å². The summed E-state index contributed by atoms with van der Waals surface area (Å²) in [7, 11) is 1.33. The van der Waals surface area contributed by atoms with Crippen LogP contribution in [0.3, 0.4) is 0 Å². The highest BCUT2D eigenvalue weighted by atomic mass is 16.5. The van der Waals surface area contributed by atoms with Crippen LogP contribution in [0.25, 0.3) is 0 Å². The first-order chi connectivity index (χ1) is 15.4. The lowest BCUT2D eigenvalue weighted by atomic mass is 9.71. The summed E-state index contributed by atoms with van der Waals surface area (Å²) in [6.45, 7) is 4.03. The minimum atomic E-state index is -0.595. The Bertz CT molecular complexity index is 1120. The summed E-state index contributed by atoms with van der Waals surface area (Å²) in [5.74, 6) is -0.686. The van der Waals surface area contributed by atoms with Crippen LogP contribution in [0.15, 0.2) is 71.1 Å². The highest BCUT2D eigenvalue weighted by Crippen LogP contribution is 2.46. The average Bonchev–Trinajstić information content (AvgIpc) is 2.79. The molecule has 4 rings (SSSR count). The normalized spacial score (nSPS) is 20.5. The molecule has 0 radical (unpaired) electrons. The van der Waals surface area contributed by atoms with Crippen molar-refractivity contribution in [1.82, 2.24) is 5.32 Å². The van der Waals surface area contributed by atoms with Gasteiger partial charge in [-0.15, -0.1) is 0 Å². The van der Waals surface area contributed by atoms with Gasteiger partial charge in [0.15, 0.2) is 17.3 Å². The molecule has 0 amide bonds. The van der Waals surface area contributed by atoms with Crippen LogP contribution in [0.1, 0.15) is 49.7 Å². The number of Topliss-reactive ketones (excluding diaryl/α,β-unsaturated/α-hetero) is 1. The van der Waals surface area contributed by atoms with Gasteiger partial charge in [-0.25, -0.2) is 4.79 Å². The maximum atomic E-state index is 13.5. The van der Waals surface area contributed by atoms with E-state index >= 15 is 0 Å². The number of allylic oxidation sites excluding steroid dienone is 3. The largest absolute Gasteiger partial charge is 0.504 e. The lowest BCUT2D eigenvalue weighted by Gasteiger charge is -2.36. The van der Waals surface area contributed by atoms with E-state index in [1.807, 2.05) is 44.2 Å².